The van der Waals surface area contributed by atoms with E-state index in [1.807, 2.05) is 32.0 Å². The van der Waals surface area contributed by atoms with Crippen LogP contribution >= 0.6 is 0 Å². The molecule has 0 aliphatic rings. The topological polar surface area (TPSA) is 41.1 Å². The number of hydrogen-bond donors (Lipinski definition) is 2. The normalized spacial score (nSPS) is 10.4. The van der Waals surface area contributed by atoms with Gasteiger partial charge < -0.3 is 10.6 Å². The predicted molar refractivity (Wildman–Crippen MR) is 88.7 cm³/mol. The van der Waals surface area contributed by atoms with E-state index in [0.29, 0.717) is 12.2 Å². The van der Waals surface area contributed by atoms with E-state index >= 15 is 0 Å². The van der Waals surface area contributed by atoms with Crippen LogP contribution in [0.15, 0.2) is 36.4 Å². The summed E-state index contributed by atoms with van der Waals surface area (Å²) in [5.74, 6) is -1.92. The van der Waals surface area contributed by atoms with E-state index in [9.17, 15) is 13.6 Å². The summed E-state index contributed by atoms with van der Waals surface area (Å²) in [6.07, 6.45) is 1.07. The van der Waals surface area contributed by atoms with Crippen LogP contribution < -0.4 is 10.6 Å². The predicted octanol–water partition coefficient (Wildman–Crippen LogP) is 4.28. The molecule has 2 rings (SSSR count). The third-order valence-electron chi connectivity index (χ3n) is 3.61. The van der Waals surface area contributed by atoms with Crippen LogP contribution in [0.25, 0.3) is 0 Å². The SMILES string of the molecule is CCc1cccc(C)c1NC(=O)CCNc1ccc(F)c(F)c1. The first kappa shape index (κ1) is 16.9. The van der Waals surface area contributed by atoms with Crippen LogP contribution in [0.5, 0.6) is 0 Å². The Kier molecular flexibility index (Phi) is 5.68. The average molecular weight is 318 g/mol. The molecule has 0 aromatic heterocycles. The van der Waals surface area contributed by atoms with E-state index < -0.39 is 11.6 Å². The molecule has 5 heteroatoms. The smallest absolute Gasteiger partial charge is 0.226 e. The molecule has 0 fully saturated rings. The second kappa shape index (κ2) is 7.72. The van der Waals surface area contributed by atoms with Crippen molar-refractivity contribution in [2.75, 3.05) is 17.2 Å². The standard InChI is InChI=1S/C18H20F2N2O/c1-3-13-6-4-5-12(2)18(13)22-17(23)9-10-21-14-7-8-15(19)16(20)11-14/h4-8,11,21H,3,9-10H2,1-2H3,(H,22,23). The molecule has 0 radical (unpaired) electrons. The van der Waals surface area contributed by atoms with Crippen LogP contribution in [0.4, 0.5) is 20.2 Å². The van der Waals surface area contributed by atoms with Crippen molar-refractivity contribution in [3.8, 4) is 0 Å². The Hall–Kier alpha value is -2.43. The molecule has 0 heterocycles. The molecule has 0 atom stereocenters. The summed E-state index contributed by atoms with van der Waals surface area (Å²) in [6.45, 7) is 4.33. The molecule has 0 spiro atoms. The summed E-state index contributed by atoms with van der Waals surface area (Å²) in [4.78, 5) is 12.1. The van der Waals surface area contributed by atoms with Gasteiger partial charge >= 0.3 is 0 Å². The van der Waals surface area contributed by atoms with Crippen molar-refractivity contribution in [2.24, 2.45) is 0 Å². The molecule has 23 heavy (non-hydrogen) atoms. The first-order valence-corrected chi connectivity index (χ1v) is 7.58. The lowest BCUT2D eigenvalue weighted by Gasteiger charge is -2.13. The average Bonchev–Trinajstić information content (AvgIpc) is 2.53. The van der Waals surface area contributed by atoms with E-state index in [-0.39, 0.29) is 12.3 Å². The van der Waals surface area contributed by atoms with Gasteiger partial charge in [0.15, 0.2) is 11.6 Å². The third-order valence-corrected chi connectivity index (χ3v) is 3.61. The Bertz CT molecular complexity index is 701. The number of para-hydroxylation sites is 1. The number of aryl methyl sites for hydroxylation is 2. The first-order chi connectivity index (χ1) is 11.0. The van der Waals surface area contributed by atoms with E-state index in [0.717, 1.165) is 35.4 Å². The van der Waals surface area contributed by atoms with Gasteiger partial charge in [0.05, 0.1) is 0 Å². The monoisotopic (exact) mass is 318 g/mol. The highest BCUT2D eigenvalue weighted by Gasteiger charge is 2.09. The fourth-order valence-electron chi connectivity index (χ4n) is 2.33. The zero-order valence-corrected chi connectivity index (χ0v) is 13.2. The molecule has 2 N–H and O–H groups in total. The Morgan fingerprint density at radius 1 is 1.13 bits per heavy atom. The zero-order chi connectivity index (χ0) is 16.8. The van der Waals surface area contributed by atoms with Crippen LogP contribution in [0.3, 0.4) is 0 Å². The minimum absolute atomic E-state index is 0.121. The number of nitrogens with one attached hydrogen (secondary N) is 2. The lowest BCUT2D eigenvalue weighted by molar-refractivity contribution is -0.115. The van der Waals surface area contributed by atoms with Crippen LogP contribution in [0, 0.1) is 18.6 Å². The van der Waals surface area contributed by atoms with Crippen molar-refractivity contribution in [1.82, 2.24) is 0 Å². The number of anilines is 2. The molecule has 2 aromatic rings. The fourth-order valence-corrected chi connectivity index (χ4v) is 2.33. The number of benzene rings is 2. The van der Waals surface area contributed by atoms with Crippen LogP contribution in [-0.2, 0) is 11.2 Å². The van der Waals surface area contributed by atoms with Crippen LogP contribution in [0.2, 0.25) is 0 Å². The summed E-state index contributed by atoms with van der Waals surface area (Å²) in [7, 11) is 0. The minimum Gasteiger partial charge on any atom is -0.384 e. The number of rotatable bonds is 6. The third kappa shape index (κ3) is 4.52. The van der Waals surface area contributed by atoms with Crippen LogP contribution in [-0.4, -0.2) is 12.5 Å². The highest BCUT2D eigenvalue weighted by atomic mass is 19.2. The second-order valence-electron chi connectivity index (χ2n) is 5.32. The summed E-state index contributed by atoms with van der Waals surface area (Å²) >= 11 is 0. The fraction of sp³-hybridized carbons (Fsp3) is 0.278. The van der Waals surface area contributed by atoms with Crippen molar-refractivity contribution in [2.45, 2.75) is 26.7 Å². The van der Waals surface area contributed by atoms with Gasteiger partial charge in [-0.15, -0.1) is 0 Å². The Morgan fingerprint density at radius 3 is 2.61 bits per heavy atom. The van der Waals surface area contributed by atoms with Crippen molar-refractivity contribution < 1.29 is 13.6 Å². The number of carbonyl (C=O) groups is 1. The minimum atomic E-state index is -0.910. The van der Waals surface area contributed by atoms with E-state index in [2.05, 4.69) is 10.6 Å². The van der Waals surface area contributed by atoms with Gasteiger partial charge in [-0.1, -0.05) is 25.1 Å². The molecule has 0 bridgehead atoms. The number of carbonyl (C=O) groups excluding carboxylic acids is 1. The van der Waals surface area contributed by atoms with Gasteiger partial charge in [-0.05, 0) is 42.7 Å². The lowest BCUT2D eigenvalue weighted by atomic mass is 10.1. The maximum atomic E-state index is 13.1. The molecular formula is C18H20F2N2O. The Morgan fingerprint density at radius 2 is 1.91 bits per heavy atom. The molecule has 2 aromatic carbocycles. The van der Waals surface area contributed by atoms with Gasteiger partial charge in [0.1, 0.15) is 0 Å². The molecule has 0 saturated heterocycles. The van der Waals surface area contributed by atoms with Crippen molar-refractivity contribution >= 4 is 17.3 Å². The highest BCUT2D eigenvalue weighted by Crippen LogP contribution is 2.21. The van der Waals surface area contributed by atoms with Gasteiger partial charge in [-0.3, -0.25) is 4.79 Å². The Labute approximate surface area is 134 Å². The summed E-state index contributed by atoms with van der Waals surface area (Å²) in [5, 5.41) is 5.83. The molecule has 0 aliphatic heterocycles. The first-order valence-electron chi connectivity index (χ1n) is 7.58. The van der Waals surface area contributed by atoms with E-state index in [4.69, 9.17) is 0 Å². The van der Waals surface area contributed by atoms with Gasteiger partial charge in [0.2, 0.25) is 5.91 Å². The molecule has 3 nitrogen and oxygen atoms in total. The molecular weight excluding hydrogens is 298 g/mol. The van der Waals surface area contributed by atoms with Crippen molar-refractivity contribution in [3.63, 3.8) is 0 Å². The van der Waals surface area contributed by atoms with E-state index in [1.54, 1.807) is 0 Å². The molecule has 0 saturated carbocycles. The molecule has 122 valence electrons. The maximum absolute atomic E-state index is 13.1. The number of hydrogen-bond acceptors (Lipinski definition) is 2. The zero-order valence-electron chi connectivity index (χ0n) is 13.2. The molecule has 0 aliphatic carbocycles. The molecule has 1 amide bonds. The largest absolute Gasteiger partial charge is 0.384 e. The number of halogens is 2. The maximum Gasteiger partial charge on any atom is 0.226 e. The van der Waals surface area contributed by atoms with Crippen molar-refractivity contribution in [1.29, 1.82) is 0 Å². The summed E-state index contributed by atoms with van der Waals surface area (Å²) < 4.78 is 25.9. The lowest BCUT2D eigenvalue weighted by Crippen LogP contribution is -2.17. The quantitative estimate of drug-likeness (QED) is 0.835. The number of amides is 1. The van der Waals surface area contributed by atoms with Gasteiger partial charge in [-0.2, -0.15) is 0 Å². The van der Waals surface area contributed by atoms with Crippen LogP contribution in [0.1, 0.15) is 24.5 Å². The summed E-state index contributed by atoms with van der Waals surface area (Å²) in [5.41, 5.74) is 3.41. The van der Waals surface area contributed by atoms with Gasteiger partial charge in [-0.25, -0.2) is 8.78 Å². The van der Waals surface area contributed by atoms with Gasteiger partial charge in [0, 0.05) is 24.3 Å². The highest BCUT2D eigenvalue weighted by molar-refractivity contribution is 5.92. The second-order valence-corrected chi connectivity index (χ2v) is 5.32. The summed E-state index contributed by atoms with van der Waals surface area (Å²) in [6, 6.07) is 9.47. The van der Waals surface area contributed by atoms with E-state index in [1.165, 1.54) is 6.07 Å². The van der Waals surface area contributed by atoms with Gasteiger partial charge in [0.25, 0.3) is 0 Å². The molecule has 0 unspecified atom stereocenters. The van der Waals surface area contributed by atoms with Crippen molar-refractivity contribution in [3.05, 3.63) is 59.2 Å². The Balaban J connectivity index is 1.89.